The summed E-state index contributed by atoms with van der Waals surface area (Å²) >= 11 is 0. The van der Waals surface area contributed by atoms with Gasteiger partial charge in [0.15, 0.2) is 0 Å². The van der Waals surface area contributed by atoms with Crippen molar-refractivity contribution in [3.05, 3.63) is 11.9 Å². The number of hydrogen-bond acceptors (Lipinski definition) is 4. The number of primary amides is 1. The Morgan fingerprint density at radius 1 is 1.42 bits per heavy atom. The van der Waals surface area contributed by atoms with Crippen molar-refractivity contribution in [3.63, 3.8) is 0 Å². The van der Waals surface area contributed by atoms with Crippen LogP contribution in [0.1, 0.15) is 25.6 Å². The first-order valence-corrected chi connectivity index (χ1v) is 7.79. The number of hydrogen-bond donors (Lipinski definition) is 1. The molecule has 9 nitrogen and oxygen atoms in total. The molecule has 1 saturated heterocycles. The average Bonchev–Trinajstić information content (AvgIpc) is 2.98. The molecule has 24 heavy (non-hydrogen) atoms. The van der Waals surface area contributed by atoms with Gasteiger partial charge in [0.2, 0.25) is 17.8 Å². The van der Waals surface area contributed by atoms with Crippen LogP contribution in [0.5, 0.6) is 0 Å². The zero-order valence-corrected chi connectivity index (χ0v) is 14.2. The molecule has 4 amide bonds. The van der Waals surface area contributed by atoms with Gasteiger partial charge < -0.3 is 5.73 Å². The molecule has 0 aromatic carbocycles. The van der Waals surface area contributed by atoms with Crippen LogP contribution in [-0.4, -0.2) is 51.6 Å². The lowest BCUT2D eigenvalue weighted by molar-refractivity contribution is -0.677. The Hall–Kier alpha value is -2.71. The molecular formula is C15H21N6O3+. The van der Waals surface area contributed by atoms with E-state index < -0.39 is 30.4 Å². The highest BCUT2D eigenvalue weighted by atomic mass is 16.2. The molecule has 0 radical (unpaired) electrons. The third-order valence-corrected chi connectivity index (χ3v) is 4.18. The van der Waals surface area contributed by atoms with E-state index in [9.17, 15) is 14.4 Å². The number of nitrogens with two attached hydrogens (primary N) is 1. The Labute approximate surface area is 139 Å². The normalized spacial score (nSPS) is 19.7. The number of imidazole rings is 1. The molecule has 0 bridgehead atoms. The van der Waals surface area contributed by atoms with Gasteiger partial charge in [-0.2, -0.15) is 0 Å². The number of aryl methyl sites for hydroxylation is 1. The third kappa shape index (κ3) is 2.27. The summed E-state index contributed by atoms with van der Waals surface area (Å²) in [6, 6.07) is -1.33. The van der Waals surface area contributed by atoms with E-state index in [1.165, 1.54) is 4.90 Å². The molecule has 1 aromatic rings. The van der Waals surface area contributed by atoms with Gasteiger partial charge in [-0.1, -0.05) is 18.8 Å². The van der Waals surface area contributed by atoms with E-state index in [4.69, 9.17) is 5.73 Å². The molecule has 0 saturated carbocycles. The first-order chi connectivity index (χ1) is 11.2. The predicted octanol–water partition coefficient (Wildman–Crippen LogP) is -0.296. The second kappa shape index (κ2) is 5.43. The highest BCUT2D eigenvalue weighted by Crippen LogP contribution is 2.29. The molecular weight excluding hydrogens is 312 g/mol. The Balaban J connectivity index is 2.07. The van der Waals surface area contributed by atoms with Crippen LogP contribution in [0.15, 0.2) is 11.2 Å². The van der Waals surface area contributed by atoms with Gasteiger partial charge in [-0.05, 0) is 12.8 Å². The van der Waals surface area contributed by atoms with Crippen molar-refractivity contribution in [2.75, 3.05) is 13.6 Å². The molecule has 1 unspecified atom stereocenters. The van der Waals surface area contributed by atoms with Crippen molar-refractivity contribution >= 4 is 29.6 Å². The second-order valence-corrected chi connectivity index (χ2v) is 6.59. The van der Waals surface area contributed by atoms with Crippen LogP contribution in [0, 0.1) is 12.8 Å². The number of aromatic nitrogens is 2. The van der Waals surface area contributed by atoms with E-state index in [1.807, 2.05) is 17.7 Å². The van der Waals surface area contributed by atoms with Crippen LogP contribution >= 0.6 is 0 Å². The van der Waals surface area contributed by atoms with Crippen molar-refractivity contribution < 1.29 is 19.0 Å². The van der Waals surface area contributed by atoms with Gasteiger partial charge in [0, 0.05) is 7.05 Å². The first kappa shape index (κ1) is 16.2. The van der Waals surface area contributed by atoms with Crippen LogP contribution < -0.4 is 10.3 Å². The maximum atomic E-state index is 12.8. The minimum atomic E-state index is -0.742. The van der Waals surface area contributed by atoms with E-state index in [1.54, 1.807) is 11.6 Å². The molecule has 1 fully saturated rings. The van der Waals surface area contributed by atoms with Crippen molar-refractivity contribution in [2.45, 2.75) is 33.4 Å². The largest absolute Gasteiger partial charge is 0.401 e. The summed E-state index contributed by atoms with van der Waals surface area (Å²) in [7, 11) is 1.54. The number of carbonyl (C=O) groups is 3. The minimum absolute atomic E-state index is 0.373. The summed E-state index contributed by atoms with van der Waals surface area (Å²) in [4.78, 5) is 43.0. The zero-order valence-electron chi connectivity index (χ0n) is 14.2. The number of aliphatic imine (C=N–C) groups is 1. The number of nitrogens with zero attached hydrogens (tertiary/aromatic N) is 5. The number of urea groups is 1. The van der Waals surface area contributed by atoms with Crippen LogP contribution in [0.2, 0.25) is 0 Å². The SMILES string of the molecule is Cc1c[n+]2c(n1CC(C)C)N=C1C2C(=O)N(CC(N)=O)C(=O)N1C. The highest BCUT2D eigenvalue weighted by Gasteiger charge is 2.53. The summed E-state index contributed by atoms with van der Waals surface area (Å²) in [6.07, 6.45) is 1.85. The molecule has 0 spiro atoms. The fraction of sp³-hybridized carbons (Fsp3) is 0.533. The van der Waals surface area contributed by atoms with Crippen molar-refractivity contribution in [2.24, 2.45) is 16.6 Å². The van der Waals surface area contributed by atoms with E-state index in [0.717, 1.165) is 17.1 Å². The number of amidine groups is 1. The molecule has 9 heteroatoms. The second-order valence-electron chi connectivity index (χ2n) is 6.59. The van der Waals surface area contributed by atoms with Gasteiger partial charge in [0.05, 0.1) is 6.54 Å². The van der Waals surface area contributed by atoms with E-state index >= 15 is 0 Å². The van der Waals surface area contributed by atoms with E-state index in [2.05, 4.69) is 18.8 Å². The molecule has 128 valence electrons. The summed E-state index contributed by atoms with van der Waals surface area (Å²) in [6.45, 7) is 6.47. The number of imide groups is 1. The molecule has 1 atom stereocenters. The molecule has 3 heterocycles. The van der Waals surface area contributed by atoms with Gasteiger partial charge >= 0.3 is 12.0 Å². The summed E-state index contributed by atoms with van der Waals surface area (Å²) in [5.74, 6) is 0.196. The smallest absolute Gasteiger partial charge is 0.368 e. The van der Waals surface area contributed by atoms with Crippen molar-refractivity contribution in [1.29, 1.82) is 0 Å². The van der Waals surface area contributed by atoms with Crippen molar-refractivity contribution in [3.8, 4) is 0 Å². The average molecular weight is 333 g/mol. The number of rotatable bonds is 4. The summed E-state index contributed by atoms with van der Waals surface area (Å²) < 4.78 is 3.78. The van der Waals surface area contributed by atoms with E-state index in [0.29, 0.717) is 17.7 Å². The minimum Gasteiger partial charge on any atom is -0.368 e. The topological polar surface area (TPSA) is 105 Å². The monoisotopic (exact) mass is 333 g/mol. The number of fused-ring (bicyclic) bond motifs is 3. The van der Waals surface area contributed by atoms with Crippen LogP contribution in [-0.2, 0) is 16.1 Å². The maximum absolute atomic E-state index is 12.8. The molecule has 3 rings (SSSR count). The van der Waals surface area contributed by atoms with Crippen molar-refractivity contribution in [1.82, 2.24) is 14.4 Å². The predicted molar refractivity (Wildman–Crippen MR) is 84.4 cm³/mol. The summed E-state index contributed by atoms with van der Waals surface area (Å²) in [5, 5.41) is 0. The fourth-order valence-corrected chi connectivity index (χ4v) is 3.12. The molecule has 1 aromatic heterocycles. The Morgan fingerprint density at radius 2 is 2.08 bits per heavy atom. The number of amides is 4. The molecule has 2 N–H and O–H groups in total. The van der Waals surface area contributed by atoms with Gasteiger partial charge in [-0.25, -0.2) is 13.9 Å². The van der Waals surface area contributed by atoms with Gasteiger partial charge in [0.1, 0.15) is 18.4 Å². The summed E-state index contributed by atoms with van der Waals surface area (Å²) in [5.41, 5.74) is 6.15. The number of carbonyl (C=O) groups excluding carboxylic acids is 3. The van der Waals surface area contributed by atoms with Gasteiger partial charge in [-0.3, -0.25) is 19.4 Å². The maximum Gasteiger partial charge on any atom is 0.401 e. The third-order valence-electron chi connectivity index (χ3n) is 4.18. The lowest BCUT2D eigenvalue weighted by Gasteiger charge is -2.32. The standard InChI is InChI=1S/C15H20N6O3/c1-8(2)5-19-9(3)6-20-11-12(17-14(19)20)18(4)15(24)21(13(11)23)7-10(16)22/h6,8,11H,5,7H2,1-4H3,(H-,16,22)/p+1. The van der Waals surface area contributed by atoms with Crippen LogP contribution in [0.4, 0.5) is 10.7 Å². The lowest BCUT2D eigenvalue weighted by Crippen LogP contribution is -2.63. The Morgan fingerprint density at radius 3 is 2.67 bits per heavy atom. The fourth-order valence-electron chi connectivity index (χ4n) is 3.12. The highest BCUT2D eigenvalue weighted by molar-refractivity contribution is 6.19. The first-order valence-electron chi connectivity index (χ1n) is 7.79. The molecule has 2 aliphatic rings. The molecule has 0 aliphatic carbocycles. The number of likely N-dealkylation sites (N-methyl/N-ethyl adjacent to an activating group) is 1. The van der Waals surface area contributed by atoms with Crippen LogP contribution in [0.25, 0.3) is 0 Å². The van der Waals surface area contributed by atoms with E-state index in [-0.39, 0.29) is 0 Å². The Kier molecular flexibility index (Phi) is 3.66. The van der Waals surface area contributed by atoms with Gasteiger partial charge in [-0.15, -0.1) is 0 Å². The zero-order chi connectivity index (χ0) is 17.8. The quantitative estimate of drug-likeness (QED) is 0.765. The lowest BCUT2D eigenvalue weighted by atomic mass is 10.1. The van der Waals surface area contributed by atoms with Gasteiger partial charge in [0.25, 0.3) is 5.91 Å². The Bertz CT molecular complexity index is 778. The van der Waals surface area contributed by atoms with Crippen LogP contribution in [0.3, 0.4) is 0 Å². The molecule has 2 aliphatic heterocycles.